The molecule has 184 valence electrons. The molecule has 0 atom stereocenters. The molecule has 0 unspecified atom stereocenters. The van der Waals surface area contributed by atoms with E-state index < -0.39 is 5.91 Å². The number of furan rings is 1. The minimum atomic E-state index is -0.408. The van der Waals surface area contributed by atoms with Crippen LogP contribution >= 0.6 is 11.6 Å². The van der Waals surface area contributed by atoms with Gasteiger partial charge in [0.05, 0.1) is 12.8 Å². The first-order chi connectivity index (χ1) is 16.6. The predicted octanol–water partition coefficient (Wildman–Crippen LogP) is 5.62. The maximum Gasteiger partial charge on any atom is 0.305 e. The number of aryl methyl sites for hydroxylation is 3. The van der Waals surface area contributed by atoms with Gasteiger partial charge in [0.25, 0.3) is 0 Å². The number of amides is 1. The van der Waals surface area contributed by atoms with Gasteiger partial charge in [-0.25, -0.2) is 4.98 Å². The van der Waals surface area contributed by atoms with Gasteiger partial charge in [-0.15, -0.1) is 0 Å². The van der Waals surface area contributed by atoms with Crippen molar-refractivity contribution >= 4 is 34.4 Å². The highest BCUT2D eigenvalue weighted by molar-refractivity contribution is 6.31. The van der Waals surface area contributed by atoms with Gasteiger partial charge < -0.3 is 9.15 Å². The first-order valence-electron chi connectivity index (χ1n) is 11.4. The summed E-state index contributed by atoms with van der Waals surface area (Å²) in [6, 6.07) is 7.26. The van der Waals surface area contributed by atoms with Gasteiger partial charge in [0.1, 0.15) is 17.3 Å². The van der Waals surface area contributed by atoms with Crippen molar-refractivity contribution in [3.8, 4) is 5.75 Å². The van der Waals surface area contributed by atoms with Gasteiger partial charge in [-0.05, 0) is 67.6 Å². The molecular weight excluding hydrogens is 466 g/mol. The number of hydrogen-bond donors (Lipinski definition) is 2. The fourth-order valence-corrected chi connectivity index (χ4v) is 4.59. The maximum atomic E-state index is 12.7. The molecular formula is C26H30ClN5O3. The number of aromatic nitrogens is 3. The number of methoxy groups -OCH3 is 1. The molecule has 3 aromatic heterocycles. The van der Waals surface area contributed by atoms with Crippen LogP contribution in [0.4, 0.5) is 5.82 Å². The largest absolute Gasteiger partial charge is 0.496 e. The number of fused-ring (bicyclic) bond motifs is 1. The molecule has 0 aliphatic carbocycles. The molecule has 0 aliphatic heterocycles. The van der Waals surface area contributed by atoms with Crippen LogP contribution in [0.2, 0.25) is 5.02 Å². The number of nitrogens with one attached hydrogen (secondary N) is 2. The standard InChI is InChI=1S/C26H30ClN5O3/c1-13(2)18-12-20(27)15(4)19(24(18)34-7)11-17-8-9-21(35-17)26(33)30-29-22-10-14(3)23-16(5)31-32(6)25(23)28-22/h8-10,12-13H,11H2,1-7H3,(H,28,29)(H,30,33). The van der Waals surface area contributed by atoms with E-state index in [1.165, 1.54) is 0 Å². The maximum absolute atomic E-state index is 12.7. The van der Waals surface area contributed by atoms with E-state index in [0.717, 1.165) is 44.7 Å². The van der Waals surface area contributed by atoms with E-state index in [9.17, 15) is 4.79 Å². The molecule has 1 amide bonds. The minimum Gasteiger partial charge on any atom is -0.496 e. The molecule has 2 N–H and O–H groups in total. The molecule has 0 radical (unpaired) electrons. The summed E-state index contributed by atoms with van der Waals surface area (Å²) in [5.41, 5.74) is 11.1. The Morgan fingerprint density at radius 3 is 2.66 bits per heavy atom. The van der Waals surface area contributed by atoms with E-state index in [-0.39, 0.29) is 11.7 Å². The summed E-state index contributed by atoms with van der Waals surface area (Å²) in [4.78, 5) is 17.3. The number of anilines is 1. The zero-order chi connectivity index (χ0) is 25.4. The van der Waals surface area contributed by atoms with Gasteiger partial charge in [-0.1, -0.05) is 25.4 Å². The second-order valence-electron chi connectivity index (χ2n) is 8.99. The van der Waals surface area contributed by atoms with Crippen LogP contribution in [0.1, 0.15) is 64.0 Å². The Balaban J connectivity index is 1.51. The smallest absolute Gasteiger partial charge is 0.305 e. The summed E-state index contributed by atoms with van der Waals surface area (Å²) in [6.07, 6.45) is 0.452. The predicted molar refractivity (Wildman–Crippen MR) is 137 cm³/mol. The van der Waals surface area contributed by atoms with Gasteiger partial charge in [-0.2, -0.15) is 5.10 Å². The molecule has 35 heavy (non-hydrogen) atoms. The van der Waals surface area contributed by atoms with Gasteiger partial charge in [0.2, 0.25) is 0 Å². The Labute approximate surface area is 209 Å². The second kappa shape index (κ2) is 9.62. The molecule has 0 saturated carbocycles. The summed E-state index contributed by atoms with van der Waals surface area (Å²) >= 11 is 6.50. The van der Waals surface area contributed by atoms with Crippen LogP contribution in [0.25, 0.3) is 11.0 Å². The number of halogens is 1. The average Bonchev–Trinajstić information content (AvgIpc) is 3.39. The summed E-state index contributed by atoms with van der Waals surface area (Å²) in [7, 11) is 3.50. The zero-order valence-corrected chi connectivity index (χ0v) is 21.8. The Morgan fingerprint density at radius 2 is 1.97 bits per heavy atom. The van der Waals surface area contributed by atoms with Gasteiger partial charge in [0.15, 0.2) is 11.4 Å². The number of carbonyl (C=O) groups is 1. The SMILES string of the molecule is COc1c(C(C)C)cc(Cl)c(C)c1Cc1ccc(C(=O)NNc2cc(C)c3c(C)nn(C)c3n2)o1. The lowest BCUT2D eigenvalue weighted by Crippen LogP contribution is -2.29. The van der Waals surface area contributed by atoms with E-state index in [0.29, 0.717) is 23.0 Å². The van der Waals surface area contributed by atoms with Crippen molar-refractivity contribution in [3.63, 3.8) is 0 Å². The lowest BCUT2D eigenvalue weighted by atomic mass is 9.94. The summed E-state index contributed by atoms with van der Waals surface area (Å²) in [6.45, 7) is 10.1. The Hall–Kier alpha value is -3.52. The van der Waals surface area contributed by atoms with Crippen LogP contribution in [0.5, 0.6) is 5.75 Å². The number of pyridine rings is 1. The fraction of sp³-hybridized carbons (Fsp3) is 0.346. The summed E-state index contributed by atoms with van der Waals surface area (Å²) in [5, 5.41) is 6.11. The van der Waals surface area contributed by atoms with Gasteiger partial charge in [-0.3, -0.25) is 20.3 Å². The van der Waals surface area contributed by atoms with Crippen LogP contribution < -0.4 is 15.6 Å². The van der Waals surface area contributed by atoms with Crippen LogP contribution in [0.3, 0.4) is 0 Å². The normalized spacial score (nSPS) is 11.3. The van der Waals surface area contributed by atoms with E-state index in [4.69, 9.17) is 20.8 Å². The van der Waals surface area contributed by atoms with E-state index in [2.05, 4.69) is 34.8 Å². The van der Waals surface area contributed by atoms with Crippen molar-refractivity contribution in [3.05, 3.63) is 68.8 Å². The first-order valence-corrected chi connectivity index (χ1v) is 11.8. The Morgan fingerprint density at radius 1 is 1.23 bits per heavy atom. The molecule has 8 nitrogen and oxygen atoms in total. The highest BCUT2D eigenvalue weighted by Crippen LogP contribution is 2.38. The van der Waals surface area contributed by atoms with E-state index in [1.807, 2.05) is 40.0 Å². The highest BCUT2D eigenvalue weighted by atomic mass is 35.5. The molecule has 0 fully saturated rings. The second-order valence-corrected chi connectivity index (χ2v) is 9.40. The summed E-state index contributed by atoms with van der Waals surface area (Å²) < 4.78 is 13.3. The topological polar surface area (TPSA) is 94.2 Å². The molecule has 0 saturated heterocycles. The number of carbonyl (C=O) groups excluding carboxylic acids is 1. The monoisotopic (exact) mass is 495 g/mol. The Kier molecular flexibility index (Phi) is 6.76. The Bertz CT molecular complexity index is 1420. The molecule has 1 aromatic carbocycles. The molecule has 0 aliphatic rings. The third-order valence-electron chi connectivity index (χ3n) is 6.16. The fourth-order valence-electron chi connectivity index (χ4n) is 4.36. The average molecular weight is 496 g/mol. The third-order valence-corrected chi connectivity index (χ3v) is 6.55. The highest BCUT2D eigenvalue weighted by Gasteiger charge is 2.20. The number of rotatable bonds is 7. The molecule has 0 spiro atoms. The van der Waals surface area contributed by atoms with Crippen molar-refractivity contribution in [2.75, 3.05) is 12.5 Å². The third kappa shape index (κ3) is 4.71. The molecule has 3 heterocycles. The molecule has 0 bridgehead atoms. The number of nitrogens with zero attached hydrogens (tertiary/aromatic N) is 3. The van der Waals surface area contributed by atoms with Crippen molar-refractivity contribution in [2.24, 2.45) is 7.05 Å². The van der Waals surface area contributed by atoms with Gasteiger partial charge in [0, 0.05) is 29.4 Å². The van der Waals surface area contributed by atoms with Crippen LogP contribution in [-0.2, 0) is 13.5 Å². The zero-order valence-electron chi connectivity index (χ0n) is 21.0. The van der Waals surface area contributed by atoms with Gasteiger partial charge >= 0.3 is 5.91 Å². The van der Waals surface area contributed by atoms with Crippen LogP contribution in [0.15, 0.2) is 28.7 Å². The van der Waals surface area contributed by atoms with Crippen LogP contribution in [-0.4, -0.2) is 27.8 Å². The van der Waals surface area contributed by atoms with Crippen molar-refractivity contribution in [1.29, 1.82) is 0 Å². The summed E-state index contributed by atoms with van der Waals surface area (Å²) in [5.74, 6) is 1.97. The quantitative estimate of drug-likeness (QED) is 0.323. The lowest BCUT2D eigenvalue weighted by molar-refractivity contribution is 0.0933. The van der Waals surface area contributed by atoms with Crippen molar-refractivity contribution < 1.29 is 13.9 Å². The van der Waals surface area contributed by atoms with E-state index >= 15 is 0 Å². The lowest BCUT2D eigenvalue weighted by Gasteiger charge is -2.19. The molecule has 9 heteroatoms. The minimum absolute atomic E-state index is 0.185. The van der Waals surface area contributed by atoms with Crippen molar-refractivity contribution in [2.45, 2.75) is 47.0 Å². The van der Waals surface area contributed by atoms with Crippen LogP contribution in [0, 0.1) is 20.8 Å². The number of hydrazine groups is 1. The van der Waals surface area contributed by atoms with E-state index in [1.54, 1.807) is 23.9 Å². The number of hydrogen-bond acceptors (Lipinski definition) is 6. The number of benzene rings is 1. The molecule has 4 rings (SSSR count). The first kappa shape index (κ1) is 24.6. The van der Waals surface area contributed by atoms with Crippen molar-refractivity contribution in [1.82, 2.24) is 20.2 Å². The molecule has 4 aromatic rings. The number of ether oxygens (including phenoxy) is 1.